The van der Waals surface area contributed by atoms with Gasteiger partial charge in [-0.1, -0.05) is 36.0 Å². The van der Waals surface area contributed by atoms with Crippen LogP contribution in [0.1, 0.15) is 5.56 Å². The van der Waals surface area contributed by atoms with E-state index < -0.39 is 0 Å². The molecule has 3 aromatic rings. The number of aromatic nitrogens is 3. The molecule has 144 valence electrons. The molecule has 1 amide bonds. The molecule has 0 bridgehead atoms. The number of carbonyl (C=O) groups is 1. The maximum absolute atomic E-state index is 12.5. The Labute approximate surface area is 167 Å². The summed E-state index contributed by atoms with van der Waals surface area (Å²) in [7, 11) is 0. The van der Waals surface area contributed by atoms with E-state index in [4.69, 9.17) is 4.42 Å². The Morgan fingerprint density at radius 3 is 2.61 bits per heavy atom. The number of benzene rings is 1. The lowest BCUT2D eigenvalue weighted by molar-refractivity contribution is -0.128. The number of anilines is 1. The minimum absolute atomic E-state index is 0.0845. The third-order valence-electron chi connectivity index (χ3n) is 4.71. The number of hydrogen-bond donors (Lipinski definition) is 0. The van der Waals surface area contributed by atoms with Gasteiger partial charge in [0.05, 0.1) is 5.75 Å². The highest BCUT2D eigenvalue weighted by atomic mass is 32.2. The summed E-state index contributed by atoms with van der Waals surface area (Å²) in [5.74, 6) is 1.82. The van der Waals surface area contributed by atoms with Crippen LogP contribution < -0.4 is 4.90 Å². The lowest BCUT2D eigenvalue weighted by atomic mass is 10.1. The number of aryl methyl sites for hydroxylation is 1. The second-order valence-corrected chi connectivity index (χ2v) is 7.46. The molecule has 28 heavy (non-hydrogen) atoms. The first-order chi connectivity index (χ1) is 13.7. The maximum Gasteiger partial charge on any atom is 0.277 e. The van der Waals surface area contributed by atoms with Gasteiger partial charge < -0.3 is 14.2 Å². The molecule has 1 saturated heterocycles. The first kappa shape index (κ1) is 18.5. The van der Waals surface area contributed by atoms with Crippen molar-refractivity contribution in [3.63, 3.8) is 0 Å². The zero-order valence-electron chi connectivity index (χ0n) is 15.6. The average Bonchev–Trinajstić information content (AvgIpc) is 3.22. The minimum Gasteiger partial charge on any atom is -0.411 e. The smallest absolute Gasteiger partial charge is 0.277 e. The molecule has 4 rings (SSSR count). The molecule has 0 spiro atoms. The molecule has 1 aliphatic rings. The summed E-state index contributed by atoms with van der Waals surface area (Å²) in [5.41, 5.74) is 1.99. The van der Waals surface area contributed by atoms with E-state index in [2.05, 4.69) is 20.1 Å². The first-order valence-corrected chi connectivity index (χ1v) is 10.2. The Kier molecular flexibility index (Phi) is 5.57. The standard InChI is InChI=1S/C20H21N5O2S/c1-15-6-2-3-7-16(15)19-22-23-20(27-19)28-14-18(26)25-12-10-24(11-13-25)17-8-4-5-9-21-17/h2-9H,10-14H2,1H3. The van der Waals surface area contributed by atoms with Crippen LogP contribution in [-0.4, -0.2) is 57.9 Å². The maximum atomic E-state index is 12.5. The Morgan fingerprint density at radius 1 is 1.07 bits per heavy atom. The molecule has 1 fully saturated rings. The Bertz CT molecular complexity index is 939. The largest absolute Gasteiger partial charge is 0.411 e. The van der Waals surface area contributed by atoms with Gasteiger partial charge in [-0.25, -0.2) is 4.98 Å². The summed E-state index contributed by atoms with van der Waals surface area (Å²) in [5, 5.41) is 8.58. The summed E-state index contributed by atoms with van der Waals surface area (Å²) in [6, 6.07) is 13.7. The van der Waals surface area contributed by atoms with E-state index in [1.54, 1.807) is 6.20 Å². The molecule has 0 N–H and O–H groups in total. The lowest BCUT2D eigenvalue weighted by Crippen LogP contribution is -2.49. The molecule has 7 nitrogen and oxygen atoms in total. The molecule has 1 aromatic carbocycles. The summed E-state index contributed by atoms with van der Waals surface area (Å²) in [4.78, 5) is 21.0. The summed E-state index contributed by atoms with van der Waals surface area (Å²) in [6.45, 7) is 4.94. The molecule has 0 saturated carbocycles. The quantitative estimate of drug-likeness (QED) is 0.615. The van der Waals surface area contributed by atoms with Gasteiger partial charge in [-0.2, -0.15) is 0 Å². The van der Waals surface area contributed by atoms with Crippen molar-refractivity contribution in [1.82, 2.24) is 20.1 Å². The van der Waals surface area contributed by atoms with E-state index in [0.29, 0.717) is 30.0 Å². The minimum atomic E-state index is 0.0845. The molecular weight excluding hydrogens is 374 g/mol. The predicted molar refractivity (Wildman–Crippen MR) is 108 cm³/mol. The Morgan fingerprint density at radius 2 is 1.86 bits per heavy atom. The van der Waals surface area contributed by atoms with Gasteiger partial charge in [0.15, 0.2) is 0 Å². The van der Waals surface area contributed by atoms with Gasteiger partial charge in [0.2, 0.25) is 11.8 Å². The van der Waals surface area contributed by atoms with Crippen LogP contribution in [0.25, 0.3) is 11.5 Å². The highest BCUT2D eigenvalue weighted by Crippen LogP contribution is 2.25. The third-order valence-corrected chi connectivity index (χ3v) is 5.51. The number of carbonyl (C=O) groups excluding carboxylic acids is 1. The van der Waals surface area contributed by atoms with Crippen LogP contribution in [0.3, 0.4) is 0 Å². The molecule has 0 unspecified atom stereocenters. The van der Waals surface area contributed by atoms with Crippen LogP contribution in [-0.2, 0) is 4.79 Å². The van der Waals surface area contributed by atoms with E-state index >= 15 is 0 Å². The van der Waals surface area contributed by atoms with Crippen molar-refractivity contribution in [3.8, 4) is 11.5 Å². The van der Waals surface area contributed by atoms with Gasteiger partial charge in [-0.15, -0.1) is 10.2 Å². The number of hydrogen-bond acceptors (Lipinski definition) is 7. The highest BCUT2D eigenvalue weighted by molar-refractivity contribution is 7.99. The molecule has 8 heteroatoms. The normalized spacial score (nSPS) is 14.3. The van der Waals surface area contributed by atoms with E-state index in [1.807, 2.05) is 54.3 Å². The summed E-state index contributed by atoms with van der Waals surface area (Å²) < 4.78 is 5.72. The molecule has 2 aromatic heterocycles. The van der Waals surface area contributed by atoms with Crippen LogP contribution in [0.4, 0.5) is 5.82 Å². The molecular formula is C20H21N5O2S. The van der Waals surface area contributed by atoms with Gasteiger partial charge >= 0.3 is 0 Å². The first-order valence-electron chi connectivity index (χ1n) is 9.17. The zero-order chi connectivity index (χ0) is 19.3. The molecule has 3 heterocycles. The van der Waals surface area contributed by atoms with Crippen LogP contribution >= 0.6 is 11.8 Å². The number of thioether (sulfide) groups is 1. The number of nitrogens with zero attached hydrogens (tertiary/aromatic N) is 5. The third kappa shape index (κ3) is 4.17. The molecule has 1 aliphatic heterocycles. The molecule has 0 aliphatic carbocycles. The van der Waals surface area contributed by atoms with Crippen molar-refractivity contribution in [2.45, 2.75) is 12.1 Å². The second-order valence-electron chi connectivity index (χ2n) is 6.53. The van der Waals surface area contributed by atoms with E-state index in [9.17, 15) is 4.79 Å². The monoisotopic (exact) mass is 395 g/mol. The summed E-state index contributed by atoms with van der Waals surface area (Å²) >= 11 is 1.28. The van der Waals surface area contributed by atoms with Crippen molar-refractivity contribution < 1.29 is 9.21 Å². The van der Waals surface area contributed by atoms with Crippen LogP contribution in [0.2, 0.25) is 0 Å². The summed E-state index contributed by atoms with van der Waals surface area (Å²) in [6.07, 6.45) is 1.79. The number of pyridine rings is 1. The SMILES string of the molecule is Cc1ccccc1-c1nnc(SCC(=O)N2CCN(c3ccccn3)CC2)o1. The fourth-order valence-corrected chi connectivity index (χ4v) is 3.80. The van der Waals surface area contributed by atoms with E-state index in [1.165, 1.54) is 11.8 Å². The van der Waals surface area contributed by atoms with Crippen molar-refractivity contribution in [2.24, 2.45) is 0 Å². The molecule has 0 radical (unpaired) electrons. The average molecular weight is 395 g/mol. The van der Waals surface area contributed by atoms with Crippen molar-refractivity contribution in [1.29, 1.82) is 0 Å². The van der Waals surface area contributed by atoms with Crippen LogP contribution in [0.15, 0.2) is 58.3 Å². The van der Waals surface area contributed by atoms with Gasteiger partial charge in [-0.05, 0) is 30.7 Å². The Balaban J connectivity index is 1.29. The van der Waals surface area contributed by atoms with Crippen molar-refractivity contribution >= 4 is 23.5 Å². The van der Waals surface area contributed by atoms with Gasteiger partial charge in [0, 0.05) is 37.9 Å². The number of amides is 1. The fraction of sp³-hybridized carbons (Fsp3) is 0.300. The highest BCUT2D eigenvalue weighted by Gasteiger charge is 2.22. The van der Waals surface area contributed by atoms with Crippen molar-refractivity contribution in [3.05, 3.63) is 54.2 Å². The number of rotatable bonds is 5. The fourth-order valence-electron chi connectivity index (χ4n) is 3.13. The van der Waals surface area contributed by atoms with Crippen molar-refractivity contribution in [2.75, 3.05) is 36.8 Å². The molecule has 0 atom stereocenters. The van der Waals surface area contributed by atoms with Gasteiger partial charge in [0.1, 0.15) is 5.82 Å². The zero-order valence-corrected chi connectivity index (χ0v) is 16.4. The number of piperazine rings is 1. The van der Waals surface area contributed by atoms with Gasteiger partial charge in [-0.3, -0.25) is 4.79 Å². The van der Waals surface area contributed by atoms with E-state index in [0.717, 1.165) is 30.0 Å². The van der Waals surface area contributed by atoms with Crippen LogP contribution in [0, 0.1) is 6.92 Å². The van der Waals surface area contributed by atoms with Gasteiger partial charge in [0.25, 0.3) is 5.22 Å². The lowest BCUT2D eigenvalue weighted by Gasteiger charge is -2.35. The van der Waals surface area contributed by atoms with Crippen LogP contribution in [0.5, 0.6) is 0 Å². The second kappa shape index (κ2) is 8.43. The predicted octanol–water partition coefficient (Wildman–Crippen LogP) is 2.88. The van der Waals surface area contributed by atoms with E-state index in [-0.39, 0.29) is 5.91 Å². The topological polar surface area (TPSA) is 75.4 Å². The Hall–Kier alpha value is -2.87.